The number of urea groups is 1. The Morgan fingerprint density at radius 3 is 2.40 bits per heavy atom. The van der Waals surface area contributed by atoms with Crippen molar-refractivity contribution in [1.82, 2.24) is 10.6 Å². The highest BCUT2D eigenvalue weighted by Gasteiger charge is 2.19. The minimum Gasteiger partial charge on any atom is -0.508 e. The molecular weight excluding hydrogens is 264 g/mol. The van der Waals surface area contributed by atoms with Gasteiger partial charge in [0, 0.05) is 7.05 Å². The van der Waals surface area contributed by atoms with Crippen LogP contribution in [0.25, 0.3) is 0 Å². The number of benzene rings is 1. The number of rotatable bonds is 4. The Bertz CT molecular complexity index is 498. The molecule has 1 aromatic rings. The van der Waals surface area contributed by atoms with Gasteiger partial charge in [-0.1, -0.05) is 12.1 Å². The van der Waals surface area contributed by atoms with E-state index in [1.54, 1.807) is 12.1 Å². The Labute approximate surface area is 115 Å². The van der Waals surface area contributed by atoms with Crippen molar-refractivity contribution < 1.29 is 24.2 Å². The summed E-state index contributed by atoms with van der Waals surface area (Å²) in [6.07, 6.45) is -1.10. The summed E-state index contributed by atoms with van der Waals surface area (Å²) in [5, 5.41) is 13.3. The summed E-state index contributed by atoms with van der Waals surface area (Å²) in [5.41, 5.74) is 0.645. The molecule has 0 saturated heterocycles. The molecule has 0 aliphatic heterocycles. The third-order valence-electron chi connectivity index (χ3n) is 2.43. The van der Waals surface area contributed by atoms with Gasteiger partial charge in [0.2, 0.25) is 0 Å². The van der Waals surface area contributed by atoms with Crippen LogP contribution in [0.15, 0.2) is 24.3 Å². The summed E-state index contributed by atoms with van der Waals surface area (Å²) in [6, 6.07) is 5.38. The van der Waals surface area contributed by atoms with Gasteiger partial charge in [0.15, 0.2) is 6.10 Å². The van der Waals surface area contributed by atoms with Gasteiger partial charge in [0.25, 0.3) is 5.91 Å². The Kier molecular flexibility index (Phi) is 5.52. The van der Waals surface area contributed by atoms with Crippen LogP contribution >= 0.6 is 0 Å². The predicted octanol–water partition coefficient (Wildman–Crippen LogP) is 0.322. The molecule has 3 amide bonds. The fourth-order valence-corrected chi connectivity index (χ4v) is 1.35. The number of nitrogens with one attached hydrogen (secondary N) is 2. The number of phenolic OH excluding ortho intramolecular Hbond substituents is 1. The molecule has 0 aromatic heterocycles. The van der Waals surface area contributed by atoms with E-state index in [1.165, 1.54) is 26.1 Å². The van der Waals surface area contributed by atoms with E-state index in [9.17, 15) is 14.4 Å². The molecule has 108 valence electrons. The second kappa shape index (κ2) is 7.13. The van der Waals surface area contributed by atoms with Crippen LogP contribution in [0.1, 0.15) is 12.5 Å². The Hall–Kier alpha value is -2.57. The molecule has 1 atom stereocenters. The van der Waals surface area contributed by atoms with Crippen LogP contribution in [0.5, 0.6) is 5.75 Å². The highest BCUT2D eigenvalue weighted by molar-refractivity contribution is 5.97. The maximum Gasteiger partial charge on any atom is 0.321 e. The molecule has 0 spiro atoms. The second-order valence-corrected chi connectivity index (χ2v) is 4.04. The monoisotopic (exact) mass is 280 g/mol. The second-order valence-electron chi connectivity index (χ2n) is 4.04. The van der Waals surface area contributed by atoms with Gasteiger partial charge < -0.3 is 15.2 Å². The molecule has 0 aliphatic rings. The maximum absolute atomic E-state index is 11.6. The summed E-state index contributed by atoms with van der Waals surface area (Å²) in [6.45, 7) is 1.37. The predicted molar refractivity (Wildman–Crippen MR) is 70.0 cm³/mol. The van der Waals surface area contributed by atoms with E-state index in [2.05, 4.69) is 5.32 Å². The smallest absolute Gasteiger partial charge is 0.321 e. The number of carbonyl (C=O) groups is 3. The van der Waals surface area contributed by atoms with E-state index in [0.717, 1.165) is 0 Å². The lowest BCUT2D eigenvalue weighted by atomic mass is 10.1. The van der Waals surface area contributed by atoms with Gasteiger partial charge >= 0.3 is 12.0 Å². The molecule has 3 N–H and O–H groups in total. The first kappa shape index (κ1) is 15.5. The van der Waals surface area contributed by atoms with Crippen molar-refractivity contribution in [1.29, 1.82) is 0 Å². The van der Waals surface area contributed by atoms with Gasteiger partial charge in [0.1, 0.15) is 5.75 Å². The Morgan fingerprint density at radius 2 is 1.85 bits per heavy atom. The minimum absolute atomic E-state index is 0.0299. The Morgan fingerprint density at radius 1 is 1.25 bits per heavy atom. The van der Waals surface area contributed by atoms with E-state index < -0.39 is 24.0 Å². The van der Waals surface area contributed by atoms with E-state index in [-0.39, 0.29) is 12.2 Å². The van der Waals surface area contributed by atoms with Crippen molar-refractivity contribution in [3.05, 3.63) is 29.8 Å². The standard InChI is InChI=1S/C13H16N2O5/c1-8(12(18)15-13(19)14-2)20-11(17)7-9-3-5-10(16)6-4-9/h3-6,8,16H,7H2,1-2H3,(H2,14,15,18,19)/t8-/m1/s1. The van der Waals surface area contributed by atoms with Crippen molar-refractivity contribution in [3.63, 3.8) is 0 Å². The van der Waals surface area contributed by atoms with Crippen molar-refractivity contribution in [2.24, 2.45) is 0 Å². The van der Waals surface area contributed by atoms with Crippen molar-refractivity contribution in [2.75, 3.05) is 7.05 Å². The number of ether oxygens (including phenoxy) is 1. The lowest BCUT2D eigenvalue weighted by Crippen LogP contribution is -2.43. The van der Waals surface area contributed by atoms with Crippen LogP contribution in [0, 0.1) is 0 Å². The van der Waals surface area contributed by atoms with E-state index in [0.29, 0.717) is 5.56 Å². The zero-order chi connectivity index (χ0) is 15.1. The topological polar surface area (TPSA) is 105 Å². The summed E-state index contributed by atoms with van der Waals surface area (Å²) in [5.74, 6) is -1.21. The lowest BCUT2D eigenvalue weighted by molar-refractivity contribution is -0.153. The molecule has 0 bridgehead atoms. The lowest BCUT2D eigenvalue weighted by Gasteiger charge is -2.12. The quantitative estimate of drug-likeness (QED) is 0.689. The van der Waals surface area contributed by atoms with Crippen molar-refractivity contribution >= 4 is 17.9 Å². The SMILES string of the molecule is CNC(=O)NC(=O)[C@@H](C)OC(=O)Cc1ccc(O)cc1. The molecule has 0 unspecified atom stereocenters. The van der Waals surface area contributed by atoms with Crippen LogP contribution < -0.4 is 10.6 Å². The Balaban J connectivity index is 2.47. The first-order valence-corrected chi connectivity index (χ1v) is 5.92. The van der Waals surface area contributed by atoms with Crippen molar-refractivity contribution in [2.45, 2.75) is 19.4 Å². The molecule has 0 fully saturated rings. The number of hydrogen-bond acceptors (Lipinski definition) is 5. The molecule has 7 heteroatoms. The van der Waals surface area contributed by atoms with E-state index >= 15 is 0 Å². The van der Waals surface area contributed by atoms with E-state index in [1.807, 2.05) is 5.32 Å². The first-order chi connectivity index (χ1) is 9.42. The number of carbonyl (C=O) groups excluding carboxylic acids is 3. The molecule has 0 saturated carbocycles. The number of hydrogen-bond donors (Lipinski definition) is 3. The third-order valence-corrected chi connectivity index (χ3v) is 2.43. The van der Waals surface area contributed by atoms with Gasteiger partial charge in [-0.3, -0.25) is 14.9 Å². The number of imide groups is 1. The summed E-state index contributed by atoms with van der Waals surface area (Å²) < 4.78 is 4.90. The molecular formula is C13H16N2O5. The van der Waals surface area contributed by atoms with Crippen LogP contribution in [0.4, 0.5) is 4.79 Å². The minimum atomic E-state index is -1.07. The molecule has 7 nitrogen and oxygen atoms in total. The normalized spacial score (nSPS) is 11.3. The van der Waals surface area contributed by atoms with Crippen molar-refractivity contribution in [3.8, 4) is 5.75 Å². The van der Waals surface area contributed by atoms with Crippen LogP contribution in [0.2, 0.25) is 0 Å². The fourth-order valence-electron chi connectivity index (χ4n) is 1.35. The summed E-state index contributed by atoms with van der Waals surface area (Å²) in [4.78, 5) is 34.0. The largest absolute Gasteiger partial charge is 0.508 e. The fraction of sp³-hybridized carbons (Fsp3) is 0.308. The average molecular weight is 280 g/mol. The van der Waals surface area contributed by atoms with Crippen LogP contribution in [-0.4, -0.2) is 36.2 Å². The third kappa shape index (κ3) is 4.97. The maximum atomic E-state index is 11.6. The molecule has 1 rings (SSSR count). The zero-order valence-electron chi connectivity index (χ0n) is 11.2. The highest BCUT2D eigenvalue weighted by atomic mass is 16.5. The number of esters is 1. The van der Waals surface area contributed by atoms with Gasteiger partial charge in [-0.15, -0.1) is 0 Å². The molecule has 0 radical (unpaired) electrons. The molecule has 20 heavy (non-hydrogen) atoms. The zero-order valence-corrected chi connectivity index (χ0v) is 11.2. The molecule has 0 aliphatic carbocycles. The summed E-state index contributed by atoms with van der Waals surface area (Å²) in [7, 11) is 1.37. The van der Waals surface area contributed by atoms with Gasteiger partial charge in [-0.2, -0.15) is 0 Å². The van der Waals surface area contributed by atoms with Gasteiger partial charge in [-0.05, 0) is 24.6 Å². The number of phenols is 1. The molecule has 0 heterocycles. The average Bonchev–Trinajstić information content (AvgIpc) is 2.41. The number of amides is 3. The van der Waals surface area contributed by atoms with Crippen LogP contribution in [0.3, 0.4) is 0 Å². The van der Waals surface area contributed by atoms with Gasteiger partial charge in [-0.25, -0.2) is 4.79 Å². The molecule has 1 aromatic carbocycles. The summed E-state index contributed by atoms with van der Waals surface area (Å²) >= 11 is 0. The van der Waals surface area contributed by atoms with E-state index in [4.69, 9.17) is 9.84 Å². The number of aromatic hydroxyl groups is 1. The highest BCUT2D eigenvalue weighted by Crippen LogP contribution is 2.10. The van der Waals surface area contributed by atoms with Crippen LogP contribution in [-0.2, 0) is 20.7 Å². The first-order valence-electron chi connectivity index (χ1n) is 5.92. The van der Waals surface area contributed by atoms with Gasteiger partial charge in [0.05, 0.1) is 6.42 Å².